The van der Waals surface area contributed by atoms with Gasteiger partial charge in [-0.25, -0.2) is 0 Å². The van der Waals surface area contributed by atoms with Gasteiger partial charge in [-0.05, 0) is 36.2 Å². The van der Waals surface area contributed by atoms with E-state index >= 15 is 0 Å². The fraction of sp³-hybridized carbons (Fsp3) is 0.238. The second-order valence-corrected chi connectivity index (χ2v) is 7.37. The average molecular weight is 436 g/mol. The molecule has 6 nitrogen and oxygen atoms in total. The summed E-state index contributed by atoms with van der Waals surface area (Å²) >= 11 is 12.3. The van der Waals surface area contributed by atoms with Crippen LogP contribution in [0.4, 0.5) is 0 Å². The van der Waals surface area contributed by atoms with Crippen LogP contribution >= 0.6 is 23.2 Å². The number of aliphatic hydroxyl groups is 1. The smallest absolute Gasteiger partial charge is 0.295 e. The number of hydrogen-bond acceptors (Lipinski definition) is 5. The van der Waals surface area contributed by atoms with Crippen LogP contribution < -0.4 is 4.74 Å². The number of amides is 1. The Balaban J connectivity index is 2.21. The largest absolute Gasteiger partial charge is 0.508 e. The van der Waals surface area contributed by atoms with Crippen molar-refractivity contribution in [3.05, 3.63) is 63.1 Å². The second kappa shape index (κ2) is 8.35. The monoisotopic (exact) mass is 435 g/mol. The third-order valence-electron chi connectivity index (χ3n) is 4.69. The van der Waals surface area contributed by atoms with Crippen molar-refractivity contribution in [3.63, 3.8) is 0 Å². The van der Waals surface area contributed by atoms with E-state index in [0.717, 1.165) is 0 Å². The van der Waals surface area contributed by atoms with Crippen LogP contribution in [0.1, 0.15) is 30.5 Å². The quantitative estimate of drug-likeness (QED) is 0.408. The molecule has 1 heterocycles. The first-order valence-corrected chi connectivity index (χ1v) is 9.66. The van der Waals surface area contributed by atoms with Crippen LogP contribution in [0.25, 0.3) is 5.76 Å². The molecule has 3 rings (SSSR count). The van der Waals surface area contributed by atoms with E-state index in [-0.39, 0.29) is 38.4 Å². The van der Waals surface area contributed by atoms with E-state index in [4.69, 9.17) is 27.9 Å². The first-order valence-electron chi connectivity index (χ1n) is 8.90. The zero-order chi connectivity index (χ0) is 21.3. The molecule has 0 aromatic heterocycles. The Kier molecular flexibility index (Phi) is 6.05. The van der Waals surface area contributed by atoms with Crippen LogP contribution in [0.3, 0.4) is 0 Å². The summed E-state index contributed by atoms with van der Waals surface area (Å²) in [5.41, 5.74) is 0.716. The Morgan fingerprint density at radius 2 is 1.72 bits per heavy atom. The predicted molar refractivity (Wildman–Crippen MR) is 110 cm³/mol. The minimum Gasteiger partial charge on any atom is -0.508 e. The number of Topliss-reactive ketones (excluding diaryl/α,β-unsaturated/α-hetero) is 1. The lowest BCUT2D eigenvalue weighted by Crippen LogP contribution is -2.30. The van der Waals surface area contributed by atoms with Gasteiger partial charge < -0.3 is 19.8 Å². The number of aliphatic hydroxyl groups excluding tert-OH is 1. The average Bonchev–Trinajstić information content (AvgIpc) is 2.93. The van der Waals surface area contributed by atoms with Gasteiger partial charge in [0.15, 0.2) is 5.75 Å². The van der Waals surface area contributed by atoms with Crippen molar-refractivity contribution in [2.45, 2.75) is 19.4 Å². The highest BCUT2D eigenvalue weighted by atomic mass is 35.5. The van der Waals surface area contributed by atoms with Crippen molar-refractivity contribution in [3.8, 4) is 11.5 Å². The van der Waals surface area contributed by atoms with Crippen LogP contribution in [-0.2, 0) is 9.59 Å². The molecule has 1 aliphatic rings. The first-order chi connectivity index (χ1) is 13.8. The van der Waals surface area contributed by atoms with Crippen LogP contribution in [0.5, 0.6) is 11.5 Å². The molecule has 1 saturated heterocycles. The number of nitrogens with zero attached hydrogens (tertiary/aromatic N) is 1. The SMILES string of the molecule is CCCN1C(=O)C(=O)/C(=C(/O)c2cc(Cl)c(OC)c(Cl)c2)C1c1ccc(O)cc1. The molecular weight excluding hydrogens is 417 g/mol. The number of ketones is 1. The number of halogens is 2. The fourth-order valence-corrected chi connectivity index (χ4v) is 4.04. The Hall–Kier alpha value is -2.70. The van der Waals surface area contributed by atoms with Gasteiger partial charge in [0.2, 0.25) is 0 Å². The minimum absolute atomic E-state index is 0.0508. The van der Waals surface area contributed by atoms with Crippen molar-refractivity contribution >= 4 is 40.7 Å². The summed E-state index contributed by atoms with van der Waals surface area (Å²) in [6.45, 7) is 2.22. The van der Waals surface area contributed by atoms with E-state index in [0.29, 0.717) is 18.5 Å². The molecule has 1 atom stereocenters. The van der Waals surface area contributed by atoms with Crippen molar-refractivity contribution in [1.82, 2.24) is 4.90 Å². The van der Waals surface area contributed by atoms with Crippen molar-refractivity contribution < 1.29 is 24.5 Å². The lowest BCUT2D eigenvalue weighted by molar-refractivity contribution is -0.139. The van der Waals surface area contributed by atoms with E-state index in [2.05, 4.69) is 0 Å². The van der Waals surface area contributed by atoms with Gasteiger partial charge in [0.05, 0.1) is 28.8 Å². The fourth-order valence-electron chi connectivity index (χ4n) is 3.40. The Labute approximate surface area is 177 Å². The summed E-state index contributed by atoms with van der Waals surface area (Å²) in [4.78, 5) is 26.8. The van der Waals surface area contributed by atoms with Gasteiger partial charge in [0.1, 0.15) is 11.5 Å². The molecule has 2 aromatic rings. The van der Waals surface area contributed by atoms with E-state index in [1.807, 2.05) is 6.92 Å². The van der Waals surface area contributed by atoms with Crippen molar-refractivity contribution in [2.24, 2.45) is 0 Å². The molecule has 1 aliphatic heterocycles. The van der Waals surface area contributed by atoms with Crippen LogP contribution in [0.2, 0.25) is 10.0 Å². The molecule has 2 N–H and O–H groups in total. The number of phenols is 1. The summed E-state index contributed by atoms with van der Waals surface area (Å²) in [5.74, 6) is -1.58. The molecule has 0 radical (unpaired) electrons. The molecule has 152 valence electrons. The lowest BCUT2D eigenvalue weighted by atomic mass is 9.95. The maximum Gasteiger partial charge on any atom is 0.295 e. The lowest BCUT2D eigenvalue weighted by Gasteiger charge is -2.25. The zero-order valence-electron chi connectivity index (χ0n) is 15.8. The number of carbonyl (C=O) groups excluding carboxylic acids is 2. The molecule has 2 aromatic carbocycles. The molecule has 1 fully saturated rings. The molecule has 0 spiro atoms. The van der Waals surface area contributed by atoms with Gasteiger partial charge in [0.25, 0.3) is 11.7 Å². The molecule has 1 amide bonds. The topological polar surface area (TPSA) is 87.1 Å². The van der Waals surface area contributed by atoms with Gasteiger partial charge in [-0.15, -0.1) is 0 Å². The van der Waals surface area contributed by atoms with Gasteiger partial charge in [-0.3, -0.25) is 9.59 Å². The third-order valence-corrected chi connectivity index (χ3v) is 5.25. The summed E-state index contributed by atoms with van der Waals surface area (Å²) in [7, 11) is 1.41. The number of carbonyl (C=O) groups is 2. The third kappa shape index (κ3) is 3.78. The van der Waals surface area contributed by atoms with E-state index < -0.39 is 17.7 Å². The Bertz CT molecular complexity index is 978. The maximum absolute atomic E-state index is 12.8. The second-order valence-electron chi connectivity index (χ2n) is 6.56. The highest BCUT2D eigenvalue weighted by Gasteiger charge is 2.45. The van der Waals surface area contributed by atoms with Crippen LogP contribution in [-0.4, -0.2) is 40.5 Å². The minimum atomic E-state index is -0.796. The van der Waals surface area contributed by atoms with Gasteiger partial charge in [-0.2, -0.15) is 0 Å². The number of likely N-dealkylation sites (tertiary alicyclic amines) is 1. The van der Waals surface area contributed by atoms with Crippen molar-refractivity contribution in [2.75, 3.05) is 13.7 Å². The van der Waals surface area contributed by atoms with E-state index in [9.17, 15) is 19.8 Å². The molecule has 8 heteroatoms. The van der Waals surface area contributed by atoms with Crippen molar-refractivity contribution in [1.29, 1.82) is 0 Å². The summed E-state index contributed by atoms with van der Waals surface area (Å²) in [5, 5.41) is 20.9. The van der Waals surface area contributed by atoms with Gasteiger partial charge in [-0.1, -0.05) is 42.3 Å². The number of benzene rings is 2. The number of ether oxygens (including phenoxy) is 1. The Morgan fingerprint density at radius 3 is 2.24 bits per heavy atom. The number of rotatable bonds is 5. The first kappa shape index (κ1) is 21.0. The summed E-state index contributed by atoms with van der Waals surface area (Å²) in [6.07, 6.45) is 0.627. The molecule has 0 bridgehead atoms. The number of aromatic hydroxyl groups is 1. The van der Waals surface area contributed by atoms with Gasteiger partial charge >= 0.3 is 0 Å². The molecule has 0 aliphatic carbocycles. The van der Waals surface area contributed by atoms with Crippen LogP contribution in [0, 0.1) is 0 Å². The molecule has 1 unspecified atom stereocenters. The maximum atomic E-state index is 12.8. The molecule has 0 saturated carbocycles. The molecule has 29 heavy (non-hydrogen) atoms. The predicted octanol–water partition coefficient (Wildman–Crippen LogP) is 4.54. The number of methoxy groups -OCH3 is 1. The van der Waals surface area contributed by atoms with E-state index in [1.165, 1.54) is 36.3 Å². The van der Waals surface area contributed by atoms with E-state index in [1.54, 1.807) is 12.1 Å². The summed E-state index contributed by atoms with van der Waals surface area (Å²) in [6, 6.07) is 8.18. The standard InChI is InChI=1S/C21H19Cl2NO5/c1-3-8-24-17(11-4-6-13(25)7-5-11)16(19(27)21(24)28)18(26)12-9-14(22)20(29-2)15(23)10-12/h4-7,9-10,17,25-26H,3,8H2,1-2H3/b18-16+. The Morgan fingerprint density at radius 1 is 1.14 bits per heavy atom. The normalized spacial score (nSPS) is 18.3. The number of phenolic OH excluding ortho intramolecular Hbond substituents is 1. The number of hydrogen-bond donors (Lipinski definition) is 2. The molecular formula is C21H19Cl2NO5. The summed E-state index contributed by atoms with van der Waals surface area (Å²) < 4.78 is 5.11. The zero-order valence-corrected chi connectivity index (χ0v) is 17.3. The highest BCUT2D eigenvalue weighted by molar-refractivity contribution is 6.46. The van der Waals surface area contributed by atoms with Gasteiger partial charge in [0, 0.05) is 12.1 Å². The highest BCUT2D eigenvalue weighted by Crippen LogP contribution is 2.42. The van der Waals surface area contributed by atoms with Crippen LogP contribution in [0.15, 0.2) is 42.0 Å².